The van der Waals surface area contributed by atoms with E-state index in [1.165, 1.54) is 0 Å². The Labute approximate surface area is 391 Å². The van der Waals surface area contributed by atoms with Crippen LogP contribution in [0.1, 0.15) is 93.4 Å². The maximum atomic E-state index is 12.3. The minimum atomic E-state index is -1.89. The molecular weight excluding hydrogens is 881 g/mol. The standard InChI is InChI=1S/C48H78O19/c1-21-30(54)37(66-39-35(59)33(57)31(55)22(17-49)63-39)38(67-40-36(60)34(58)32(56)23(18-50)64-40)41(62-21)65-29-10-11-43(4)24(44(29,5)19-51)8-12-45(6)25(43)9-13-48-26-14-42(2,3)27(52)16-47(26,20-61-48)28(53)15-46(45,48)7/h9,13,21-41,49-60H,8,10-12,14-20H2,1-7H3/t21-,22-,23-,24-,25-,26-,27+,28+,29+,30+,31-,32-,33+,34+,35-,36-,37+,38-,39+,40+,41+,43+,44+,45-,46+,47-,48+/m1/s1. The first-order valence-electron chi connectivity index (χ1n) is 24.6. The molecule has 27 atom stereocenters. The van der Waals surface area contributed by atoms with E-state index in [0.717, 1.165) is 12.8 Å². The van der Waals surface area contributed by atoms with Crippen LogP contribution in [-0.2, 0) is 33.2 Å². The third kappa shape index (κ3) is 7.14. The summed E-state index contributed by atoms with van der Waals surface area (Å²) in [7, 11) is 0. The van der Waals surface area contributed by atoms with Gasteiger partial charge in [0, 0.05) is 22.2 Å². The monoisotopic (exact) mass is 959 g/mol. The third-order valence-electron chi connectivity index (χ3n) is 20.2. The average Bonchev–Trinajstić information content (AvgIpc) is 3.55. The van der Waals surface area contributed by atoms with Crippen LogP contribution in [0, 0.1) is 50.2 Å². The van der Waals surface area contributed by atoms with E-state index in [0.29, 0.717) is 38.7 Å². The van der Waals surface area contributed by atoms with Gasteiger partial charge in [0.2, 0.25) is 0 Å². The van der Waals surface area contributed by atoms with Crippen LogP contribution >= 0.6 is 0 Å². The van der Waals surface area contributed by atoms with Crippen LogP contribution in [0.25, 0.3) is 0 Å². The predicted octanol–water partition coefficient (Wildman–Crippen LogP) is -1.43. The second-order valence-corrected chi connectivity index (χ2v) is 23.8. The van der Waals surface area contributed by atoms with Gasteiger partial charge in [-0.2, -0.15) is 0 Å². The molecule has 5 aliphatic carbocycles. The van der Waals surface area contributed by atoms with E-state index in [1.54, 1.807) is 6.92 Å². The summed E-state index contributed by atoms with van der Waals surface area (Å²) in [6.45, 7) is 13.3. The van der Waals surface area contributed by atoms with E-state index < -0.39 is 145 Å². The first kappa shape index (κ1) is 50.9. The van der Waals surface area contributed by atoms with Gasteiger partial charge in [0.05, 0.1) is 56.4 Å². The van der Waals surface area contributed by atoms with Gasteiger partial charge in [-0.05, 0) is 80.0 Å². The Kier molecular flexibility index (Phi) is 13.1. The zero-order valence-corrected chi connectivity index (χ0v) is 39.8. The second-order valence-electron chi connectivity index (χ2n) is 23.8. The molecule has 4 aliphatic heterocycles. The van der Waals surface area contributed by atoms with Gasteiger partial charge in [0.25, 0.3) is 0 Å². The number of ether oxygens (including phenoxy) is 7. The van der Waals surface area contributed by atoms with Crippen LogP contribution in [0.3, 0.4) is 0 Å². The molecule has 4 saturated carbocycles. The van der Waals surface area contributed by atoms with Crippen LogP contribution < -0.4 is 0 Å². The van der Waals surface area contributed by atoms with Crippen molar-refractivity contribution in [3.63, 3.8) is 0 Å². The number of hydrogen-bond donors (Lipinski definition) is 12. The Morgan fingerprint density at radius 1 is 0.597 bits per heavy atom. The van der Waals surface area contributed by atoms with Crippen molar-refractivity contribution in [2.75, 3.05) is 26.4 Å². The second kappa shape index (κ2) is 17.3. The Bertz CT molecular complexity index is 1840. The van der Waals surface area contributed by atoms with Crippen molar-refractivity contribution in [2.24, 2.45) is 50.2 Å². The quantitative estimate of drug-likeness (QED) is 0.0932. The molecule has 9 rings (SSSR count). The lowest BCUT2D eigenvalue weighted by Crippen LogP contribution is -2.73. The van der Waals surface area contributed by atoms with Crippen molar-refractivity contribution < 1.29 is 94.4 Å². The topological polar surface area (TPSA) is 307 Å². The molecule has 8 fully saturated rings. The fraction of sp³-hybridized carbons (Fsp3) is 0.958. The molecule has 2 bridgehead atoms. The summed E-state index contributed by atoms with van der Waals surface area (Å²) >= 11 is 0. The van der Waals surface area contributed by atoms with E-state index in [4.69, 9.17) is 33.2 Å². The fourth-order valence-corrected chi connectivity index (χ4v) is 15.8. The van der Waals surface area contributed by atoms with E-state index >= 15 is 0 Å². The van der Waals surface area contributed by atoms with Gasteiger partial charge in [-0.1, -0.05) is 53.7 Å². The molecule has 19 heteroatoms. The largest absolute Gasteiger partial charge is 0.396 e. The minimum Gasteiger partial charge on any atom is -0.396 e. The van der Waals surface area contributed by atoms with Gasteiger partial charge in [0.1, 0.15) is 67.1 Å². The van der Waals surface area contributed by atoms with Gasteiger partial charge in [-0.3, -0.25) is 0 Å². The molecule has 0 amide bonds. The lowest BCUT2D eigenvalue weighted by molar-refractivity contribution is -0.398. The number of rotatable bonds is 9. The molecular formula is C48H78O19. The molecule has 67 heavy (non-hydrogen) atoms. The molecule has 12 N–H and O–H groups in total. The van der Waals surface area contributed by atoms with Crippen LogP contribution in [0.4, 0.5) is 0 Å². The van der Waals surface area contributed by atoms with E-state index in [1.807, 2.05) is 6.92 Å². The molecule has 384 valence electrons. The van der Waals surface area contributed by atoms with Crippen LogP contribution in [0.5, 0.6) is 0 Å². The molecule has 19 nitrogen and oxygen atoms in total. The lowest BCUT2D eigenvalue weighted by atomic mass is 9.32. The first-order valence-corrected chi connectivity index (χ1v) is 24.6. The van der Waals surface area contributed by atoms with Gasteiger partial charge in [-0.25, -0.2) is 0 Å². The maximum Gasteiger partial charge on any atom is 0.187 e. The summed E-state index contributed by atoms with van der Waals surface area (Å²) in [5.41, 5.74) is -3.65. The summed E-state index contributed by atoms with van der Waals surface area (Å²) in [4.78, 5) is 0. The summed E-state index contributed by atoms with van der Waals surface area (Å²) in [6.07, 6.45) is -17.4. The van der Waals surface area contributed by atoms with Gasteiger partial charge in [-0.15, -0.1) is 0 Å². The van der Waals surface area contributed by atoms with Crippen molar-refractivity contribution in [3.8, 4) is 0 Å². The SMILES string of the molecule is C[C@H]1O[C@@H](O[C@H]2CC[C@@]3(C)[C@@H](CC[C@]4(C)[C@@H]3C=C[C@]35OC[C@@]6(C[C@H](O)C(C)(C)C[C@H]63)[C@@H](O)C[C@]54C)[C@]2(C)CO)[C@H](O[C@@H]2O[C@H](CO)[C@@H](O)[C@H](O)[C@H]2O)[C@@H](O[C@@H]2O[C@H](CO)[C@@H](O)[C@H](O)[C@H]2O)[C@H]1O. The third-order valence-corrected chi connectivity index (χ3v) is 20.2. The van der Waals surface area contributed by atoms with Crippen molar-refractivity contribution >= 4 is 0 Å². The van der Waals surface area contributed by atoms with Gasteiger partial charge in [0.15, 0.2) is 18.9 Å². The molecule has 0 aromatic heterocycles. The zero-order valence-electron chi connectivity index (χ0n) is 39.8. The highest BCUT2D eigenvalue weighted by atomic mass is 16.8. The zero-order chi connectivity index (χ0) is 48.8. The number of hydrogen-bond acceptors (Lipinski definition) is 19. The van der Waals surface area contributed by atoms with Crippen LogP contribution in [0.2, 0.25) is 0 Å². The minimum absolute atomic E-state index is 0.00646. The Balaban J connectivity index is 1.03. The van der Waals surface area contributed by atoms with E-state index in [9.17, 15) is 61.3 Å². The van der Waals surface area contributed by atoms with Gasteiger partial charge >= 0.3 is 0 Å². The Morgan fingerprint density at radius 3 is 1.78 bits per heavy atom. The average molecular weight is 959 g/mol. The number of allylic oxidation sites excluding steroid dienone is 1. The first-order chi connectivity index (χ1) is 31.3. The fourth-order valence-electron chi connectivity index (χ4n) is 15.8. The maximum absolute atomic E-state index is 12.3. The molecule has 0 aromatic carbocycles. The highest BCUT2D eigenvalue weighted by Gasteiger charge is 2.80. The van der Waals surface area contributed by atoms with E-state index in [2.05, 4.69) is 46.8 Å². The summed E-state index contributed by atoms with van der Waals surface area (Å²) in [5.74, 6) is -0.101. The van der Waals surface area contributed by atoms with Crippen LogP contribution in [-0.4, -0.2) is 204 Å². The molecule has 9 aliphatic rings. The smallest absolute Gasteiger partial charge is 0.187 e. The highest BCUT2D eigenvalue weighted by molar-refractivity contribution is 5.36. The van der Waals surface area contributed by atoms with Gasteiger partial charge < -0.3 is 94.4 Å². The molecule has 0 radical (unpaired) electrons. The van der Waals surface area contributed by atoms with Crippen LogP contribution in [0.15, 0.2) is 12.2 Å². The summed E-state index contributed by atoms with van der Waals surface area (Å²) in [6, 6.07) is 0. The summed E-state index contributed by atoms with van der Waals surface area (Å²) < 4.78 is 44.3. The van der Waals surface area contributed by atoms with Crippen molar-refractivity contribution in [3.05, 3.63) is 12.2 Å². The Hall–Kier alpha value is -1.02. The molecule has 0 unspecified atom stereocenters. The van der Waals surface area contributed by atoms with Crippen molar-refractivity contribution in [1.82, 2.24) is 0 Å². The normalized spacial score (nSPS) is 59.2. The summed E-state index contributed by atoms with van der Waals surface area (Å²) in [5, 5.41) is 131. The highest BCUT2D eigenvalue weighted by Crippen LogP contribution is 2.79. The molecule has 4 heterocycles. The molecule has 4 saturated heterocycles. The Morgan fingerprint density at radius 2 is 1.19 bits per heavy atom. The predicted molar refractivity (Wildman–Crippen MR) is 231 cm³/mol. The number of aliphatic hydroxyl groups is 12. The lowest BCUT2D eigenvalue weighted by Gasteiger charge is -2.73. The molecule has 0 aromatic rings. The van der Waals surface area contributed by atoms with Crippen molar-refractivity contribution in [1.29, 1.82) is 0 Å². The molecule has 1 spiro atoms. The number of fused-ring (bicyclic) bond motifs is 4. The van der Waals surface area contributed by atoms with E-state index in [-0.39, 0.29) is 40.6 Å². The van der Waals surface area contributed by atoms with Crippen molar-refractivity contribution in [2.45, 2.75) is 209 Å². The number of aliphatic hydroxyl groups excluding tert-OH is 12.